The molecule has 0 aliphatic heterocycles. The lowest BCUT2D eigenvalue weighted by atomic mass is 10.3. The topological polar surface area (TPSA) is 94.3 Å². The van der Waals surface area contributed by atoms with Gasteiger partial charge in [-0.2, -0.15) is 0 Å². The van der Waals surface area contributed by atoms with Crippen LogP contribution in [0.2, 0.25) is 50.4 Å². The van der Waals surface area contributed by atoms with E-state index in [9.17, 15) is 0 Å². The van der Waals surface area contributed by atoms with Crippen molar-refractivity contribution in [2.24, 2.45) is 0 Å². The first-order valence-corrected chi connectivity index (χ1v) is 31.2. The van der Waals surface area contributed by atoms with Gasteiger partial charge in [-0.1, -0.05) is 72.8 Å². The van der Waals surface area contributed by atoms with Crippen LogP contribution in [0.1, 0.15) is 39.5 Å². The average Bonchev–Trinajstić information content (AvgIpc) is 3.20. The quantitative estimate of drug-likeness (QED) is 0.0302. The van der Waals surface area contributed by atoms with Crippen LogP contribution in [0.5, 0.6) is 0 Å². The van der Waals surface area contributed by atoms with E-state index in [0.29, 0.717) is 13.2 Å². The number of nitrogens with one attached hydrogen (secondary N) is 4. The Morgan fingerprint density at radius 1 is 0.351 bits per heavy atom. The van der Waals surface area contributed by atoms with Crippen LogP contribution in [0.4, 0.5) is 22.7 Å². The van der Waals surface area contributed by atoms with Crippen molar-refractivity contribution in [1.82, 2.24) is 0 Å². The van der Waals surface area contributed by atoms with E-state index in [4.69, 9.17) is 21.2 Å². The van der Waals surface area contributed by atoms with E-state index in [2.05, 4.69) is 158 Å². The largest absolute Gasteiger partial charge is 0.416 e. The molecular formula is C44H70N4O5Si4. The number of hydrogen-bond acceptors (Lipinski definition) is 9. The average molecular weight is 847 g/mol. The van der Waals surface area contributed by atoms with Crippen LogP contribution >= 0.6 is 0 Å². The van der Waals surface area contributed by atoms with Crippen molar-refractivity contribution in [2.45, 2.75) is 89.9 Å². The Morgan fingerprint density at radius 3 is 0.825 bits per heavy atom. The Morgan fingerprint density at radius 2 is 0.579 bits per heavy atom. The fraction of sp³-hybridized carbons (Fsp3) is 0.455. The van der Waals surface area contributed by atoms with E-state index >= 15 is 0 Å². The maximum atomic E-state index is 7.62. The van der Waals surface area contributed by atoms with E-state index in [-0.39, 0.29) is 0 Å². The Labute approximate surface area is 348 Å². The molecule has 0 saturated heterocycles. The predicted molar refractivity (Wildman–Crippen MR) is 250 cm³/mol. The summed E-state index contributed by atoms with van der Waals surface area (Å²) in [6, 6.07) is 45.0. The number of anilines is 4. The third-order valence-corrected chi connectivity index (χ3v) is 27.0. The smallest absolute Gasteiger partial charge is 0.326 e. The van der Waals surface area contributed by atoms with Gasteiger partial charge in [0.2, 0.25) is 0 Å². The molecule has 9 nitrogen and oxygen atoms in total. The second-order valence-electron chi connectivity index (χ2n) is 15.3. The maximum absolute atomic E-state index is 7.62. The summed E-state index contributed by atoms with van der Waals surface area (Å²) in [5.74, 6) is 0. The monoisotopic (exact) mass is 846 g/mol. The predicted octanol–water partition coefficient (Wildman–Crippen LogP) is 11.4. The molecule has 4 N–H and O–H groups in total. The van der Waals surface area contributed by atoms with E-state index < -0.39 is 34.2 Å². The highest BCUT2D eigenvalue weighted by molar-refractivity contribution is 6.88. The lowest BCUT2D eigenvalue weighted by Gasteiger charge is -2.44. The molecular weight excluding hydrogens is 777 g/mol. The Hall–Kier alpha value is -3.25. The van der Waals surface area contributed by atoms with Crippen molar-refractivity contribution in [3.63, 3.8) is 0 Å². The van der Waals surface area contributed by atoms with Gasteiger partial charge in [0.1, 0.15) is 0 Å². The third-order valence-electron chi connectivity index (χ3n) is 9.84. The first-order chi connectivity index (χ1) is 27.6. The van der Waals surface area contributed by atoms with Crippen molar-refractivity contribution in [2.75, 3.05) is 60.7 Å². The van der Waals surface area contributed by atoms with Gasteiger partial charge in [-0.3, -0.25) is 0 Å². The molecule has 0 aromatic heterocycles. The summed E-state index contributed by atoms with van der Waals surface area (Å²) in [6.45, 7) is 17.7. The highest BCUT2D eigenvalue weighted by Crippen LogP contribution is 2.34. The number of para-hydroxylation sites is 4. The second kappa shape index (κ2) is 24.6. The molecule has 4 aromatic carbocycles. The fourth-order valence-corrected chi connectivity index (χ4v) is 27.1. The lowest BCUT2D eigenvalue weighted by molar-refractivity contribution is 0.207. The molecule has 0 radical (unpaired) electrons. The molecule has 4 atom stereocenters. The molecule has 13 heteroatoms. The van der Waals surface area contributed by atoms with Crippen molar-refractivity contribution in [3.8, 4) is 0 Å². The number of benzene rings is 4. The van der Waals surface area contributed by atoms with Crippen LogP contribution in [0, 0.1) is 0 Å². The van der Waals surface area contributed by atoms with Gasteiger partial charge in [-0.25, -0.2) is 0 Å². The summed E-state index contributed by atoms with van der Waals surface area (Å²) in [5, 5.41) is 14.4. The first-order valence-electron chi connectivity index (χ1n) is 21.1. The summed E-state index contributed by atoms with van der Waals surface area (Å²) in [5.41, 5.74) is 4.50. The van der Waals surface area contributed by atoms with Gasteiger partial charge in [0.15, 0.2) is 0 Å². The van der Waals surface area contributed by atoms with E-state index in [1.165, 1.54) is 0 Å². The van der Waals surface area contributed by atoms with Gasteiger partial charge in [-0.15, -0.1) is 0 Å². The minimum atomic E-state index is -2.90. The summed E-state index contributed by atoms with van der Waals surface area (Å²) in [4.78, 5) is 0. The molecule has 0 aliphatic carbocycles. The van der Waals surface area contributed by atoms with Gasteiger partial charge in [0.05, 0.1) is 0 Å². The van der Waals surface area contributed by atoms with Crippen molar-refractivity contribution < 1.29 is 21.2 Å². The summed E-state index contributed by atoms with van der Waals surface area (Å²) in [6.07, 6.45) is 3.71. The summed E-state index contributed by atoms with van der Waals surface area (Å²) < 4.78 is 35.8. The summed E-state index contributed by atoms with van der Waals surface area (Å²) in [7, 11) is -11.1. The van der Waals surface area contributed by atoms with Gasteiger partial charge in [-0.05, 0) is 138 Å². The standard InChI is InChI=1S/C44H70N4O5Si4/c1-7-49-54(3,37-21-33-45-41-25-13-9-14-26-41)51-56(5,39-23-35-47-43-29-17-11-18-30-43)53-57(6,40-24-36-48-44-31-19-12-20-32-44)52-55(4,50-8-2)38-22-34-46-42-27-15-10-16-28-42/h9-20,25-32,45-48H,7-8,21-24,33-40H2,1-6H3. The minimum Gasteiger partial charge on any atom is -0.416 e. The van der Waals surface area contributed by atoms with Crippen LogP contribution < -0.4 is 21.3 Å². The zero-order chi connectivity index (χ0) is 40.7. The van der Waals surface area contributed by atoms with Crippen LogP contribution in [0.15, 0.2) is 121 Å². The molecule has 57 heavy (non-hydrogen) atoms. The van der Waals surface area contributed by atoms with Crippen molar-refractivity contribution >= 4 is 57.0 Å². The number of hydrogen-bond donors (Lipinski definition) is 4. The van der Waals surface area contributed by atoms with Gasteiger partial charge < -0.3 is 42.5 Å². The SMILES string of the molecule is CCO[Si](C)(CCCNc1ccccc1)O[Si](C)(CCCNc1ccccc1)O[Si](C)(CCCNc1ccccc1)O[Si](C)(CCCNc1ccccc1)OCC. The molecule has 0 spiro atoms. The molecule has 4 rings (SSSR count). The summed E-state index contributed by atoms with van der Waals surface area (Å²) >= 11 is 0. The first kappa shape index (κ1) is 46.4. The zero-order valence-electron chi connectivity index (χ0n) is 35.5. The molecule has 0 amide bonds. The maximum Gasteiger partial charge on any atom is 0.326 e. The zero-order valence-corrected chi connectivity index (χ0v) is 39.5. The van der Waals surface area contributed by atoms with Gasteiger partial charge in [0, 0.05) is 62.1 Å². The Bertz CT molecular complexity index is 1520. The molecule has 4 unspecified atom stereocenters. The van der Waals surface area contributed by atoms with Crippen LogP contribution in [0.25, 0.3) is 0 Å². The Balaban J connectivity index is 1.54. The molecule has 0 aliphatic rings. The van der Waals surface area contributed by atoms with E-state index in [0.717, 1.165) is 98.8 Å². The van der Waals surface area contributed by atoms with Gasteiger partial charge >= 0.3 is 34.2 Å². The van der Waals surface area contributed by atoms with Crippen LogP contribution in [-0.4, -0.2) is 73.6 Å². The Kier molecular flexibility index (Phi) is 20.1. The highest BCUT2D eigenvalue weighted by atomic mass is 28.5. The van der Waals surface area contributed by atoms with E-state index in [1.54, 1.807) is 0 Å². The normalized spacial score (nSPS) is 15.7. The lowest BCUT2D eigenvalue weighted by Crippen LogP contribution is -2.61. The molecule has 4 aromatic rings. The van der Waals surface area contributed by atoms with Crippen LogP contribution in [-0.2, 0) is 21.2 Å². The minimum absolute atomic E-state index is 0.609. The highest BCUT2D eigenvalue weighted by Gasteiger charge is 2.50. The molecule has 0 saturated carbocycles. The number of rotatable bonds is 30. The molecule has 0 fully saturated rings. The fourth-order valence-electron chi connectivity index (χ4n) is 7.32. The van der Waals surface area contributed by atoms with Crippen molar-refractivity contribution in [3.05, 3.63) is 121 Å². The molecule has 0 bridgehead atoms. The molecule has 312 valence electrons. The second-order valence-corrected chi connectivity index (χ2v) is 29.4. The third kappa shape index (κ3) is 18.1. The van der Waals surface area contributed by atoms with Gasteiger partial charge in [0.25, 0.3) is 0 Å². The van der Waals surface area contributed by atoms with Crippen LogP contribution in [0.3, 0.4) is 0 Å². The van der Waals surface area contributed by atoms with Crippen molar-refractivity contribution in [1.29, 1.82) is 0 Å². The molecule has 0 heterocycles. The van der Waals surface area contributed by atoms with E-state index in [1.807, 2.05) is 24.3 Å².